The second-order valence-corrected chi connectivity index (χ2v) is 10.4. The lowest BCUT2D eigenvalue weighted by molar-refractivity contribution is 0.00966. The first-order valence-corrected chi connectivity index (χ1v) is 13.6. The van der Waals surface area contributed by atoms with E-state index in [1.54, 1.807) is 23.1 Å². The first kappa shape index (κ1) is 29.8. The van der Waals surface area contributed by atoms with Gasteiger partial charge in [-0.25, -0.2) is 4.79 Å². The zero-order valence-electron chi connectivity index (χ0n) is 23.2. The van der Waals surface area contributed by atoms with Gasteiger partial charge >= 0.3 is 5.97 Å². The summed E-state index contributed by atoms with van der Waals surface area (Å²) in [6.45, 7) is 4.03. The molecule has 0 aromatic heterocycles. The number of carboxylic acid groups (broad SMARTS) is 1. The van der Waals surface area contributed by atoms with E-state index >= 15 is 0 Å². The molecule has 2 N–H and O–H groups in total. The standard InChI is InChI=1S/C33H33ClN2O5/c1-22(2)41-21-31(37)20-36(29-7-5-4-6-8-29)30-18-24(17-25(19-30)33(39)40)32(38)23-9-13-27(14-10-23)35(3)28-15-11-26(34)12-16-28/h4-19,22,31,37H,20-21H2,1-3H3,(H,39,40). The number of aliphatic hydroxyl groups excluding tert-OH is 1. The maximum Gasteiger partial charge on any atom is 0.335 e. The van der Waals surface area contributed by atoms with Gasteiger partial charge in [-0.2, -0.15) is 0 Å². The summed E-state index contributed by atoms with van der Waals surface area (Å²) < 4.78 is 5.58. The SMILES string of the molecule is CC(C)OCC(O)CN(c1ccccc1)c1cc(C(=O)O)cc(C(=O)c2ccc(N(C)c3ccc(Cl)cc3)cc2)c1. The van der Waals surface area contributed by atoms with Crippen molar-refractivity contribution < 1.29 is 24.5 Å². The highest BCUT2D eigenvalue weighted by molar-refractivity contribution is 6.30. The fourth-order valence-corrected chi connectivity index (χ4v) is 4.50. The number of rotatable bonds is 12. The molecular weight excluding hydrogens is 540 g/mol. The van der Waals surface area contributed by atoms with Crippen LogP contribution in [0.3, 0.4) is 0 Å². The van der Waals surface area contributed by atoms with Crippen LogP contribution in [-0.2, 0) is 4.74 Å². The van der Waals surface area contributed by atoms with Crippen molar-refractivity contribution in [3.8, 4) is 0 Å². The number of carboxylic acids is 1. The number of carbonyl (C=O) groups excluding carboxylic acids is 1. The van der Waals surface area contributed by atoms with Crippen LogP contribution in [0.4, 0.5) is 22.7 Å². The number of ether oxygens (including phenoxy) is 1. The summed E-state index contributed by atoms with van der Waals surface area (Å²) in [5, 5.41) is 21.3. The molecule has 4 aromatic rings. The molecule has 0 aliphatic rings. The summed E-state index contributed by atoms with van der Waals surface area (Å²) in [6, 6.07) is 28.4. The summed E-state index contributed by atoms with van der Waals surface area (Å²) in [5.41, 5.74) is 3.65. The van der Waals surface area contributed by atoms with Crippen LogP contribution in [0.2, 0.25) is 5.02 Å². The molecular formula is C33H33ClN2O5. The molecule has 41 heavy (non-hydrogen) atoms. The quantitative estimate of drug-likeness (QED) is 0.177. The molecule has 7 nitrogen and oxygen atoms in total. The molecule has 1 atom stereocenters. The van der Waals surface area contributed by atoms with Crippen molar-refractivity contribution in [2.24, 2.45) is 0 Å². The largest absolute Gasteiger partial charge is 0.478 e. The fraction of sp³-hybridized carbons (Fsp3) is 0.212. The lowest BCUT2D eigenvalue weighted by Crippen LogP contribution is -2.33. The Bertz CT molecular complexity index is 1470. The van der Waals surface area contributed by atoms with Crippen molar-refractivity contribution >= 4 is 46.1 Å². The molecule has 0 saturated carbocycles. The zero-order chi connectivity index (χ0) is 29.5. The number of hydrogen-bond donors (Lipinski definition) is 2. The third-order valence-corrected chi connectivity index (χ3v) is 6.80. The third-order valence-electron chi connectivity index (χ3n) is 6.55. The van der Waals surface area contributed by atoms with Gasteiger partial charge in [-0.05, 0) is 92.7 Å². The van der Waals surface area contributed by atoms with Gasteiger partial charge in [-0.3, -0.25) is 4.79 Å². The van der Waals surface area contributed by atoms with E-state index in [0.29, 0.717) is 16.3 Å². The number of para-hydroxylation sites is 1. The molecule has 0 amide bonds. The summed E-state index contributed by atoms with van der Waals surface area (Å²) in [5.74, 6) is -1.47. The van der Waals surface area contributed by atoms with Crippen LogP contribution in [0, 0.1) is 0 Å². The second kappa shape index (κ2) is 13.5. The predicted octanol–water partition coefficient (Wildman–Crippen LogP) is 6.96. The normalized spacial score (nSPS) is 11.8. The van der Waals surface area contributed by atoms with Gasteiger partial charge < -0.3 is 24.7 Å². The van der Waals surface area contributed by atoms with E-state index in [2.05, 4.69) is 0 Å². The minimum absolute atomic E-state index is 0.0289. The first-order chi connectivity index (χ1) is 19.6. The van der Waals surface area contributed by atoms with Crippen LogP contribution >= 0.6 is 11.6 Å². The van der Waals surface area contributed by atoms with Gasteiger partial charge in [-0.15, -0.1) is 0 Å². The van der Waals surface area contributed by atoms with Crippen molar-refractivity contribution in [2.75, 3.05) is 30.0 Å². The molecule has 0 heterocycles. The van der Waals surface area contributed by atoms with Crippen molar-refractivity contribution in [2.45, 2.75) is 26.1 Å². The Morgan fingerprint density at radius 2 is 1.37 bits per heavy atom. The van der Waals surface area contributed by atoms with Gasteiger partial charge in [0.15, 0.2) is 5.78 Å². The van der Waals surface area contributed by atoms with Gasteiger partial charge in [0, 0.05) is 45.9 Å². The number of aromatic carboxylic acids is 1. The van der Waals surface area contributed by atoms with Crippen molar-refractivity contribution in [3.05, 3.63) is 119 Å². The van der Waals surface area contributed by atoms with Gasteiger partial charge in [0.25, 0.3) is 0 Å². The van der Waals surface area contributed by atoms with E-state index in [1.807, 2.05) is 92.5 Å². The highest BCUT2D eigenvalue weighted by atomic mass is 35.5. The van der Waals surface area contributed by atoms with Crippen LogP contribution in [0.25, 0.3) is 0 Å². The fourth-order valence-electron chi connectivity index (χ4n) is 4.37. The molecule has 8 heteroatoms. The lowest BCUT2D eigenvalue weighted by Gasteiger charge is -2.28. The van der Waals surface area contributed by atoms with Gasteiger partial charge in [0.05, 0.1) is 30.9 Å². The number of halogens is 1. The number of nitrogens with zero attached hydrogens (tertiary/aromatic N) is 2. The number of aliphatic hydroxyl groups is 1. The zero-order valence-corrected chi connectivity index (χ0v) is 24.0. The molecule has 0 fully saturated rings. The molecule has 4 aromatic carbocycles. The van der Waals surface area contributed by atoms with Crippen LogP contribution in [0.15, 0.2) is 97.1 Å². The number of ketones is 1. The van der Waals surface area contributed by atoms with Gasteiger partial charge in [-0.1, -0.05) is 29.8 Å². The average Bonchev–Trinajstić information content (AvgIpc) is 2.98. The third kappa shape index (κ3) is 7.73. The summed E-state index contributed by atoms with van der Waals surface area (Å²) in [6.07, 6.45) is -0.901. The van der Waals surface area contributed by atoms with E-state index in [-0.39, 0.29) is 36.2 Å². The van der Waals surface area contributed by atoms with Crippen molar-refractivity contribution in [3.63, 3.8) is 0 Å². The Kier molecular flexibility index (Phi) is 9.78. The Hall–Kier alpha value is -4.17. The highest BCUT2D eigenvalue weighted by Gasteiger charge is 2.21. The topological polar surface area (TPSA) is 90.3 Å². The molecule has 0 bridgehead atoms. The molecule has 0 saturated heterocycles. The van der Waals surface area contributed by atoms with Crippen LogP contribution in [-0.4, -0.2) is 54.4 Å². The van der Waals surface area contributed by atoms with Crippen LogP contribution in [0.5, 0.6) is 0 Å². The lowest BCUT2D eigenvalue weighted by atomic mass is 9.99. The van der Waals surface area contributed by atoms with Crippen LogP contribution < -0.4 is 9.80 Å². The Balaban J connectivity index is 1.66. The number of carbonyl (C=O) groups is 2. The van der Waals surface area contributed by atoms with E-state index in [4.69, 9.17) is 16.3 Å². The van der Waals surface area contributed by atoms with Gasteiger partial charge in [0.1, 0.15) is 0 Å². The maximum absolute atomic E-state index is 13.6. The van der Waals surface area contributed by atoms with Crippen molar-refractivity contribution in [1.82, 2.24) is 0 Å². The first-order valence-electron chi connectivity index (χ1n) is 13.3. The summed E-state index contributed by atoms with van der Waals surface area (Å²) >= 11 is 6.01. The van der Waals surface area contributed by atoms with Crippen LogP contribution in [0.1, 0.15) is 40.1 Å². The molecule has 0 radical (unpaired) electrons. The molecule has 0 aliphatic carbocycles. The summed E-state index contributed by atoms with van der Waals surface area (Å²) in [7, 11) is 1.92. The molecule has 4 rings (SSSR count). The molecule has 0 spiro atoms. The number of hydrogen-bond acceptors (Lipinski definition) is 6. The van der Waals surface area contributed by atoms with E-state index in [9.17, 15) is 19.8 Å². The second-order valence-electron chi connectivity index (χ2n) is 9.97. The highest BCUT2D eigenvalue weighted by Crippen LogP contribution is 2.30. The van der Waals surface area contributed by atoms with E-state index in [1.165, 1.54) is 12.1 Å². The van der Waals surface area contributed by atoms with E-state index in [0.717, 1.165) is 17.1 Å². The Morgan fingerprint density at radius 1 is 0.780 bits per heavy atom. The number of benzene rings is 4. The monoisotopic (exact) mass is 572 g/mol. The predicted molar refractivity (Wildman–Crippen MR) is 163 cm³/mol. The molecule has 212 valence electrons. The van der Waals surface area contributed by atoms with Gasteiger partial charge in [0.2, 0.25) is 0 Å². The summed E-state index contributed by atoms with van der Waals surface area (Å²) in [4.78, 5) is 29.5. The number of anilines is 4. The smallest absolute Gasteiger partial charge is 0.335 e. The minimum atomic E-state index is -1.16. The Morgan fingerprint density at radius 3 is 1.95 bits per heavy atom. The Labute approximate surface area is 245 Å². The molecule has 0 aliphatic heterocycles. The molecule has 1 unspecified atom stereocenters. The van der Waals surface area contributed by atoms with Crippen molar-refractivity contribution in [1.29, 1.82) is 0 Å². The minimum Gasteiger partial charge on any atom is -0.478 e. The van der Waals surface area contributed by atoms with E-state index < -0.39 is 12.1 Å². The average molecular weight is 573 g/mol. The maximum atomic E-state index is 13.6.